The number of fused-ring (bicyclic) bond motifs is 1. The summed E-state index contributed by atoms with van der Waals surface area (Å²) in [7, 11) is 1.93. The fraction of sp³-hybridized carbons (Fsp3) is 0.263. The predicted octanol–water partition coefficient (Wildman–Crippen LogP) is 4.21. The lowest BCUT2D eigenvalue weighted by molar-refractivity contribution is 0.0303. The van der Waals surface area contributed by atoms with Gasteiger partial charge in [0.05, 0.1) is 35.0 Å². The Morgan fingerprint density at radius 2 is 2.07 bits per heavy atom. The number of rotatable bonds is 3. The van der Waals surface area contributed by atoms with E-state index in [0.717, 1.165) is 21.1 Å². The molecular weight excluding hydrogens is 432 g/mol. The first-order valence-corrected chi connectivity index (χ1v) is 9.75. The standard InChI is InChI=1S/C19H18BrClN4O2/c1-24-5-4-13-17(24)14(19(26)25-6-8-27-9-7-25)11-22-18(13)23-16-3-2-12(20)10-15(16)21/h2-5,10-11H,6-9H2,1H3,(H,22,23). The van der Waals surface area contributed by atoms with Crippen LogP contribution in [0.25, 0.3) is 10.9 Å². The molecule has 3 heterocycles. The van der Waals surface area contributed by atoms with Gasteiger partial charge in [-0.3, -0.25) is 4.79 Å². The number of halogens is 2. The number of aryl methyl sites for hydroxylation is 1. The average Bonchev–Trinajstić information content (AvgIpc) is 3.07. The highest BCUT2D eigenvalue weighted by molar-refractivity contribution is 9.10. The number of hydrogen-bond acceptors (Lipinski definition) is 4. The summed E-state index contributed by atoms with van der Waals surface area (Å²) < 4.78 is 8.19. The Labute approximate surface area is 170 Å². The third-order valence-corrected chi connectivity index (χ3v) is 5.42. The minimum Gasteiger partial charge on any atom is -0.378 e. The van der Waals surface area contributed by atoms with E-state index in [-0.39, 0.29) is 5.91 Å². The van der Waals surface area contributed by atoms with Crippen LogP contribution in [0.2, 0.25) is 5.02 Å². The van der Waals surface area contributed by atoms with E-state index < -0.39 is 0 Å². The second-order valence-corrected chi connectivity index (χ2v) is 7.69. The third kappa shape index (κ3) is 3.54. The highest BCUT2D eigenvalue weighted by atomic mass is 79.9. The summed E-state index contributed by atoms with van der Waals surface area (Å²) in [5.74, 6) is 0.638. The molecule has 0 atom stereocenters. The van der Waals surface area contributed by atoms with E-state index in [9.17, 15) is 4.79 Å². The van der Waals surface area contributed by atoms with Gasteiger partial charge in [-0.25, -0.2) is 4.98 Å². The molecule has 1 saturated heterocycles. The Morgan fingerprint density at radius 3 is 2.81 bits per heavy atom. The van der Waals surface area contributed by atoms with E-state index in [2.05, 4.69) is 26.2 Å². The number of ether oxygens (including phenoxy) is 1. The number of carbonyl (C=O) groups excluding carboxylic acids is 1. The summed E-state index contributed by atoms with van der Waals surface area (Å²) in [6, 6.07) is 7.57. The molecule has 0 spiro atoms. The van der Waals surface area contributed by atoms with Crippen molar-refractivity contribution in [3.8, 4) is 0 Å². The van der Waals surface area contributed by atoms with Gasteiger partial charge in [-0.1, -0.05) is 27.5 Å². The topological polar surface area (TPSA) is 59.4 Å². The molecule has 4 rings (SSSR count). The van der Waals surface area contributed by atoms with Crippen LogP contribution in [0, 0.1) is 0 Å². The molecule has 1 fully saturated rings. The molecule has 0 unspecified atom stereocenters. The van der Waals surface area contributed by atoms with E-state index in [4.69, 9.17) is 16.3 Å². The normalized spacial score (nSPS) is 14.6. The summed E-state index contributed by atoms with van der Waals surface area (Å²) in [5, 5.41) is 4.74. The highest BCUT2D eigenvalue weighted by Crippen LogP contribution is 2.32. The number of nitrogens with zero attached hydrogens (tertiary/aromatic N) is 3. The molecule has 0 bridgehead atoms. The number of anilines is 2. The molecule has 2 aromatic heterocycles. The molecule has 0 saturated carbocycles. The average molecular weight is 450 g/mol. The van der Waals surface area contributed by atoms with Crippen LogP contribution in [0.15, 0.2) is 41.1 Å². The Bertz CT molecular complexity index is 1010. The maximum absolute atomic E-state index is 13.0. The van der Waals surface area contributed by atoms with Crippen LogP contribution in [0.1, 0.15) is 10.4 Å². The summed E-state index contributed by atoms with van der Waals surface area (Å²) in [6.07, 6.45) is 3.56. The van der Waals surface area contributed by atoms with Crippen molar-refractivity contribution in [2.45, 2.75) is 0 Å². The van der Waals surface area contributed by atoms with E-state index in [0.29, 0.717) is 42.7 Å². The number of hydrogen-bond donors (Lipinski definition) is 1. The van der Waals surface area contributed by atoms with Crippen molar-refractivity contribution in [1.29, 1.82) is 0 Å². The van der Waals surface area contributed by atoms with Gasteiger partial charge in [-0.05, 0) is 24.3 Å². The van der Waals surface area contributed by atoms with Gasteiger partial charge in [0, 0.05) is 42.4 Å². The second kappa shape index (κ2) is 7.50. The van der Waals surface area contributed by atoms with Crippen LogP contribution in [-0.4, -0.2) is 46.7 Å². The molecule has 0 radical (unpaired) electrons. The summed E-state index contributed by atoms with van der Waals surface area (Å²) in [6.45, 7) is 2.33. The predicted molar refractivity (Wildman–Crippen MR) is 110 cm³/mol. The number of amides is 1. The van der Waals surface area contributed by atoms with E-state index in [1.165, 1.54) is 0 Å². The Morgan fingerprint density at radius 1 is 1.30 bits per heavy atom. The van der Waals surface area contributed by atoms with Crippen molar-refractivity contribution in [2.75, 3.05) is 31.6 Å². The van der Waals surface area contributed by atoms with Crippen molar-refractivity contribution in [2.24, 2.45) is 7.05 Å². The van der Waals surface area contributed by atoms with Gasteiger partial charge in [0.2, 0.25) is 0 Å². The third-order valence-electron chi connectivity index (χ3n) is 4.62. The molecule has 1 amide bonds. The van der Waals surface area contributed by atoms with Crippen molar-refractivity contribution in [1.82, 2.24) is 14.5 Å². The lowest BCUT2D eigenvalue weighted by Gasteiger charge is -2.27. The largest absolute Gasteiger partial charge is 0.378 e. The van der Waals surface area contributed by atoms with Crippen molar-refractivity contribution in [3.05, 3.63) is 51.7 Å². The summed E-state index contributed by atoms with van der Waals surface area (Å²) >= 11 is 9.73. The molecule has 3 aromatic rings. The van der Waals surface area contributed by atoms with Crippen LogP contribution in [0.3, 0.4) is 0 Å². The zero-order chi connectivity index (χ0) is 19.0. The molecular formula is C19H18BrClN4O2. The molecule has 8 heteroatoms. The number of benzene rings is 1. The van der Waals surface area contributed by atoms with Crippen molar-refractivity contribution < 1.29 is 9.53 Å². The van der Waals surface area contributed by atoms with E-state index in [1.54, 1.807) is 6.20 Å². The molecule has 140 valence electrons. The van der Waals surface area contributed by atoms with Gasteiger partial charge >= 0.3 is 0 Å². The molecule has 27 heavy (non-hydrogen) atoms. The number of morpholine rings is 1. The van der Waals surface area contributed by atoms with Crippen LogP contribution < -0.4 is 5.32 Å². The first-order chi connectivity index (χ1) is 13.0. The smallest absolute Gasteiger partial charge is 0.257 e. The van der Waals surface area contributed by atoms with E-state index in [1.807, 2.05) is 47.0 Å². The maximum atomic E-state index is 13.0. The highest BCUT2D eigenvalue weighted by Gasteiger charge is 2.23. The number of pyridine rings is 1. The SMILES string of the molecule is Cn1ccc2c(Nc3ccc(Br)cc3Cl)ncc(C(=O)N3CCOCC3)c21. The minimum atomic E-state index is -0.0224. The van der Waals surface area contributed by atoms with Crippen LogP contribution in [0.5, 0.6) is 0 Å². The number of carbonyl (C=O) groups is 1. The van der Waals surface area contributed by atoms with Gasteiger partial charge < -0.3 is 19.5 Å². The monoisotopic (exact) mass is 448 g/mol. The number of aromatic nitrogens is 2. The van der Waals surface area contributed by atoms with Crippen LogP contribution >= 0.6 is 27.5 Å². The van der Waals surface area contributed by atoms with E-state index >= 15 is 0 Å². The maximum Gasteiger partial charge on any atom is 0.257 e. The second-order valence-electron chi connectivity index (χ2n) is 6.36. The molecule has 1 aromatic carbocycles. The molecule has 1 aliphatic heterocycles. The van der Waals surface area contributed by atoms with Gasteiger partial charge in [0.15, 0.2) is 0 Å². The van der Waals surface area contributed by atoms with Crippen molar-refractivity contribution >= 4 is 55.8 Å². The first-order valence-electron chi connectivity index (χ1n) is 8.58. The summed E-state index contributed by atoms with van der Waals surface area (Å²) in [5.41, 5.74) is 2.19. The fourth-order valence-electron chi connectivity index (χ4n) is 3.23. The molecule has 0 aliphatic carbocycles. The first kappa shape index (κ1) is 18.3. The Hall–Kier alpha value is -2.09. The lowest BCUT2D eigenvalue weighted by Crippen LogP contribution is -2.40. The minimum absolute atomic E-state index is 0.0224. The summed E-state index contributed by atoms with van der Waals surface area (Å²) in [4.78, 5) is 19.3. The van der Waals surface area contributed by atoms with Crippen LogP contribution in [0.4, 0.5) is 11.5 Å². The Kier molecular flexibility index (Phi) is 5.08. The molecule has 1 aliphatic rings. The lowest BCUT2D eigenvalue weighted by atomic mass is 10.1. The van der Waals surface area contributed by atoms with Gasteiger partial charge in [0.1, 0.15) is 5.82 Å². The van der Waals surface area contributed by atoms with Gasteiger partial charge in [-0.2, -0.15) is 0 Å². The zero-order valence-corrected chi connectivity index (χ0v) is 17.0. The van der Waals surface area contributed by atoms with Gasteiger partial charge in [-0.15, -0.1) is 0 Å². The van der Waals surface area contributed by atoms with Gasteiger partial charge in [0.25, 0.3) is 5.91 Å². The van der Waals surface area contributed by atoms with Crippen molar-refractivity contribution in [3.63, 3.8) is 0 Å². The zero-order valence-electron chi connectivity index (χ0n) is 14.7. The molecule has 6 nitrogen and oxygen atoms in total. The Balaban J connectivity index is 1.73. The fourth-order valence-corrected chi connectivity index (χ4v) is 3.95. The quantitative estimate of drug-likeness (QED) is 0.651. The van der Waals surface area contributed by atoms with Crippen LogP contribution in [-0.2, 0) is 11.8 Å². The number of nitrogens with one attached hydrogen (secondary N) is 1. The molecule has 1 N–H and O–H groups in total.